The second kappa shape index (κ2) is 10.8. The van der Waals surface area contributed by atoms with Crippen LogP contribution in [0.4, 0.5) is 5.69 Å². The summed E-state index contributed by atoms with van der Waals surface area (Å²) in [6.45, 7) is 6.10. The molecule has 30 heavy (non-hydrogen) atoms. The van der Waals surface area contributed by atoms with Crippen molar-refractivity contribution in [2.75, 3.05) is 44.2 Å². The molecule has 0 saturated carbocycles. The predicted octanol–water partition coefficient (Wildman–Crippen LogP) is 3.62. The van der Waals surface area contributed by atoms with Gasteiger partial charge in [-0.05, 0) is 75.4 Å². The maximum absolute atomic E-state index is 13.0. The van der Waals surface area contributed by atoms with Gasteiger partial charge in [-0.1, -0.05) is 11.6 Å². The van der Waals surface area contributed by atoms with E-state index in [1.165, 1.54) is 0 Å². The summed E-state index contributed by atoms with van der Waals surface area (Å²) in [6.07, 6.45) is 5.08. The van der Waals surface area contributed by atoms with Crippen LogP contribution in [0.2, 0.25) is 5.02 Å². The predicted molar refractivity (Wildman–Crippen MR) is 118 cm³/mol. The third kappa shape index (κ3) is 5.96. The average molecular weight is 431 g/mol. The van der Waals surface area contributed by atoms with Crippen molar-refractivity contribution in [3.05, 3.63) is 28.8 Å². The van der Waals surface area contributed by atoms with Gasteiger partial charge in [0.05, 0.1) is 19.0 Å². The molecule has 7 heteroatoms. The van der Waals surface area contributed by atoms with Crippen LogP contribution in [-0.4, -0.2) is 60.9 Å². The van der Waals surface area contributed by atoms with Gasteiger partial charge in [-0.2, -0.15) is 5.26 Å². The molecule has 2 aliphatic heterocycles. The highest BCUT2D eigenvalue weighted by molar-refractivity contribution is 6.31. The molecular weight excluding hydrogens is 400 g/mol. The first-order chi connectivity index (χ1) is 14.5. The van der Waals surface area contributed by atoms with Crippen LogP contribution in [0.5, 0.6) is 0 Å². The molecule has 0 spiro atoms. The molecule has 0 radical (unpaired) electrons. The zero-order valence-corrected chi connectivity index (χ0v) is 18.5. The SMILES string of the molecule is Cc1cc(N(CCC#N)C(=O)CN2CCC(CC(=O)N3CCCC3)CC2)ccc1Cl. The first-order valence-electron chi connectivity index (χ1n) is 10.9. The van der Waals surface area contributed by atoms with E-state index in [1.54, 1.807) is 11.0 Å². The van der Waals surface area contributed by atoms with Crippen molar-refractivity contribution in [1.29, 1.82) is 5.26 Å². The number of nitriles is 1. The van der Waals surface area contributed by atoms with Crippen LogP contribution in [0.15, 0.2) is 18.2 Å². The third-order valence-electron chi connectivity index (χ3n) is 6.19. The summed E-state index contributed by atoms with van der Waals surface area (Å²) in [7, 11) is 0. The van der Waals surface area contributed by atoms with E-state index in [0.717, 1.165) is 63.1 Å². The summed E-state index contributed by atoms with van der Waals surface area (Å²) >= 11 is 6.12. The van der Waals surface area contributed by atoms with Gasteiger partial charge in [-0.15, -0.1) is 0 Å². The largest absolute Gasteiger partial charge is 0.343 e. The Morgan fingerprint density at radius 3 is 2.53 bits per heavy atom. The molecule has 0 N–H and O–H groups in total. The van der Waals surface area contributed by atoms with Crippen LogP contribution in [0.1, 0.15) is 44.1 Å². The summed E-state index contributed by atoms with van der Waals surface area (Å²) in [5.41, 5.74) is 1.69. The number of carbonyl (C=O) groups is 2. The standard InChI is InChI=1S/C23H31ClN4O2/c1-18-15-20(5-6-21(18)24)28(12-4-9-25)23(30)17-26-13-7-19(8-14-26)16-22(29)27-10-2-3-11-27/h5-6,15,19H,2-4,7-8,10-14,16-17H2,1H3. The Labute approximate surface area is 184 Å². The minimum Gasteiger partial charge on any atom is -0.343 e. The Bertz CT molecular complexity index is 793. The van der Waals surface area contributed by atoms with E-state index in [-0.39, 0.29) is 12.3 Å². The highest BCUT2D eigenvalue weighted by Gasteiger charge is 2.27. The number of hydrogen-bond acceptors (Lipinski definition) is 4. The molecule has 2 heterocycles. The lowest BCUT2D eigenvalue weighted by Gasteiger charge is -2.33. The minimum atomic E-state index is -0.00133. The number of amides is 2. The number of rotatable bonds is 7. The highest BCUT2D eigenvalue weighted by atomic mass is 35.5. The zero-order valence-electron chi connectivity index (χ0n) is 17.8. The molecule has 0 atom stereocenters. The molecule has 0 aromatic heterocycles. The van der Waals surface area contributed by atoms with Crippen molar-refractivity contribution in [2.24, 2.45) is 5.92 Å². The Hall–Kier alpha value is -2.10. The molecule has 162 valence electrons. The summed E-state index contributed by atoms with van der Waals surface area (Å²) < 4.78 is 0. The van der Waals surface area contributed by atoms with Crippen LogP contribution in [0, 0.1) is 24.2 Å². The van der Waals surface area contributed by atoms with Gasteiger partial charge in [-0.25, -0.2) is 0 Å². The van der Waals surface area contributed by atoms with E-state index in [1.807, 2.05) is 24.0 Å². The van der Waals surface area contributed by atoms with E-state index in [0.29, 0.717) is 36.4 Å². The average Bonchev–Trinajstić information content (AvgIpc) is 3.27. The van der Waals surface area contributed by atoms with E-state index < -0.39 is 0 Å². The molecular formula is C23H31ClN4O2. The van der Waals surface area contributed by atoms with Gasteiger partial charge in [0, 0.05) is 36.8 Å². The third-order valence-corrected chi connectivity index (χ3v) is 6.61. The van der Waals surface area contributed by atoms with Gasteiger partial charge in [0.1, 0.15) is 0 Å². The monoisotopic (exact) mass is 430 g/mol. The molecule has 6 nitrogen and oxygen atoms in total. The number of nitrogens with zero attached hydrogens (tertiary/aromatic N) is 4. The number of hydrogen-bond donors (Lipinski definition) is 0. The highest BCUT2D eigenvalue weighted by Crippen LogP contribution is 2.25. The van der Waals surface area contributed by atoms with Gasteiger partial charge < -0.3 is 9.80 Å². The summed E-state index contributed by atoms with van der Waals surface area (Å²) in [5, 5.41) is 9.66. The first kappa shape index (κ1) is 22.6. The van der Waals surface area contributed by atoms with Crippen molar-refractivity contribution in [3.8, 4) is 6.07 Å². The van der Waals surface area contributed by atoms with Gasteiger partial charge in [0.15, 0.2) is 0 Å². The minimum absolute atomic E-state index is 0.00133. The van der Waals surface area contributed by atoms with Crippen molar-refractivity contribution >= 4 is 29.1 Å². The number of anilines is 1. The summed E-state index contributed by atoms with van der Waals surface area (Å²) in [6, 6.07) is 7.65. The van der Waals surface area contributed by atoms with E-state index in [2.05, 4.69) is 11.0 Å². The smallest absolute Gasteiger partial charge is 0.241 e. The number of piperidine rings is 1. The van der Waals surface area contributed by atoms with Crippen molar-refractivity contribution in [1.82, 2.24) is 9.80 Å². The Morgan fingerprint density at radius 2 is 1.90 bits per heavy atom. The van der Waals surface area contributed by atoms with Gasteiger partial charge in [0.2, 0.25) is 11.8 Å². The molecule has 1 aromatic carbocycles. The summed E-state index contributed by atoms with van der Waals surface area (Å²) in [5.74, 6) is 0.708. The second-order valence-corrected chi connectivity index (χ2v) is 8.81. The van der Waals surface area contributed by atoms with Crippen LogP contribution in [-0.2, 0) is 9.59 Å². The number of likely N-dealkylation sites (tertiary alicyclic amines) is 2. The van der Waals surface area contributed by atoms with Gasteiger partial charge >= 0.3 is 0 Å². The van der Waals surface area contributed by atoms with E-state index in [4.69, 9.17) is 16.9 Å². The first-order valence-corrected chi connectivity index (χ1v) is 11.3. The van der Waals surface area contributed by atoms with Gasteiger partial charge in [-0.3, -0.25) is 14.5 Å². The summed E-state index contributed by atoms with van der Waals surface area (Å²) in [4.78, 5) is 31.3. The fourth-order valence-electron chi connectivity index (χ4n) is 4.32. The lowest BCUT2D eigenvalue weighted by molar-refractivity contribution is -0.131. The molecule has 2 fully saturated rings. The topological polar surface area (TPSA) is 67.6 Å². The number of benzene rings is 1. The zero-order chi connectivity index (χ0) is 21.5. The van der Waals surface area contributed by atoms with Crippen molar-refractivity contribution < 1.29 is 9.59 Å². The van der Waals surface area contributed by atoms with E-state index >= 15 is 0 Å². The van der Waals surface area contributed by atoms with Crippen LogP contribution in [0.3, 0.4) is 0 Å². The fraction of sp³-hybridized carbons (Fsp3) is 0.609. The molecule has 2 aliphatic rings. The van der Waals surface area contributed by atoms with Crippen LogP contribution in [0.25, 0.3) is 0 Å². The lowest BCUT2D eigenvalue weighted by Crippen LogP contribution is -2.44. The normalized spacial score (nSPS) is 17.7. The number of aryl methyl sites for hydroxylation is 1. The molecule has 0 aliphatic carbocycles. The molecule has 3 rings (SSSR count). The van der Waals surface area contributed by atoms with Crippen LogP contribution >= 0.6 is 11.6 Å². The quantitative estimate of drug-likeness (QED) is 0.662. The van der Waals surface area contributed by atoms with Crippen molar-refractivity contribution in [2.45, 2.75) is 45.4 Å². The Kier molecular flexibility index (Phi) is 8.12. The van der Waals surface area contributed by atoms with E-state index in [9.17, 15) is 9.59 Å². The second-order valence-electron chi connectivity index (χ2n) is 8.40. The maximum atomic E-state index is 13.0. The Morgan fingerprint density at radius 1 is 1.20 bits per heavy atom. The molecule has 2 saturated heterocycles. The van der Waals surface area contributed by atoms with Crippen molar-refractivity contribution in [3.63, 3.8) is 0 Å². The van der Waals surface area contributed by atoms with Crippen LogP contribution < -0.4 is 4.90 Å². The maximum Gasteiger partial charge on any atom is 0.241 e. The number of halogens is 1. The molecule has 0 unspecified atom stereocenters. The molecule has 1 aromatic rings. The number of carbonyl (C=O) groups excluding carboxylic acids is 2. The lowest BCUT2D eigenvalue weighted by atomic mass is 9.93. The van der Waals surface area contributed by atoms with Gasteiger partial charge in [0.25, 0.3) is 0 Å². The molecule has 0 bridgehead atoms. The Balaban J connectivity index is 1.52. The fourth-order valence-corrected chi connectivity index (χ4v) is 4.44. The molecule has 2 amide bonds.